The summed E-state index contributed by atoms with van der Waals surface area (Å²) in [7, 11) is 0. The summed E-state index contributed by atoms with van der Waals surface area (Å²) in [5, 5.41) is 18.1. The number of nitrogens with two attached hydrogens (primary N) is 1. The summed E-state index contributed by atoms with van der Waals surface area (Å²) in [6, 6.07) is 6.74. The fourth-order valence-corrected chi connectivity index (χ4v) is 2.89. The monoisotopic (exact) mass is 477 g/mol. The van der Waals surface area contributed by atoms with Crippen molar-refractivity contribution in [2.75, 3.05) is 13.2 Å². The lowest BCUT2D eigenvalue weighted by molar-refractivity contribution is 0.0750. The standard InChI is InChI=1S/C18H18F2INO4/c19-12-6-11(5-10-1-2-13(21)8-15(10)20)17(18(22)25)16(7-12)26-4-3-14(24)9-23/h1-2,6-8,14,23-24H,3-5,9H2,(H2,22,25)/t14-/m0/s1. The Balaban J connectivity index is 2.34. The van der Waals surface area contributed by atoms with E-state index in [4.69, 9.17) is 15.6 Å². The number of benzene rings is 2. The molecule has 4 N–H and O–H groups in total. The van der Waals surface area contributed by atoms with Crippen LogP contribution in [0, 0.1) is 15.2 Å². The van der Waals surface area contributed by atoms with Crippen LogP contribution in [0.15, 0.2) is 30.3 Å². The second-order valence-corrected chi connectivity index (χ2v) is 6.93. The minimum atomic E-state index is -0.985. The second-order valence-electron chi connectivity index (χ2n) is 5.69. The molecule has 0 aliphatic carbocycles. The molecule has 0 saturated heterocycles. The zero-order chi connectivity index (χ0) is 19.3. The SMILES string of the molecule is NC(=O)c1c(Cc2ccc(I)cc2F)cc(F)cc1OCC[C@H](O)CO. The molecule has 1 amide bonds. The van der Waals surface area contributed by atoms with Gasteiger partial charge in [0, 0.05) is 22.5 Å². The third-order valence-electron chi connectivity index (χ3n) is 3.71. The number of primary amides is 1. The number of rotatable bonds is 8. The van der Waals surface area contributed by atoms with Crippen LogP contribution in [-0.4, -0.2) is 35.4 Å². The predicted octanol–water partition coefficient (Wildman–Crippen LogP) is 2.38. The Morgan fingerprint density at radius 1 is 1.23 bits per heavy atom. The molecule has 0 unspecified atom stereocenters. The Bertz CT molecular complexity index is 801. The summed E-state index contributed by atoms with van der Waals surface area (Å²) in [6.45, 7) is -0.491. The molecule has 0 saturated carbocycles. The van der Waals surface area contributed by atoms with Gasteiger partial charge in [-0.15, -0.1) is 0 Å². The van der Waals surface area contributed by atoms with Gasteiger partial charge in [0.05, 0.1) is 24.9 Å². The van der Waals surface area contributed by atoms with E-state index in [-0.39, 0.29) is 36.3 Å². The maximum absolute atomic E-state index is 14.1. The smallest absolute Gasteiger partial charge is 0.252 e. The van der Waals surface area contributed by atoms with E-state index in [1.54, 1.807) is 12.1 Å². The van der Waals surface area contributed by atoms with Crippen LogP contribution in [-0.2, 0) is 6.42 Å². The quantitative estimate of drug-likeness (QED) is 0.510. The minimum Gasteiger partial charge on any atom is -0.493 e. The van der Waals surface area contributed by atoms with Crippen LogP contribution in [0.4, 0.5) is 8.78 Å². The fourth-order valence-electron chi connectivity index (χ4n) is 2.44. The van der Waals surface area contributed by atoms with Gasteiger partial charge in [0.2, 0.25) is 0 Å². The molecule has 0 spiro atoms. The first-order chi connectivity index (χ1) is 12.3. The van der Waals surface area contributed by atoms with Gasteiger partial charge in [-0.1, -0.05) is 6.07 Å². The van der Waals surface area contributed by atoms with E-state index < -0.39 is 30.3 Å². The van der Waals surface area contributed by atoms with Crippen molar-refractivity contribution < 1.29 is 28.5 Å². The normalized spacial score (nSPS) is 12.0. The molecular formula is C18H18F2INO4. The molecule has 0 heterocycles. The van der Waals surface area contributed by atoms with Crippen molar-refractivity contribution in [3.8, 4) is 5.75 Å². The van der Waals surface area contributed by atoms with Gasteiger partial charge in [-0.2, -0.15) is 0 Å². The Morgan fingerprint density at radius 3 is 2.58 bits per heavy atom. The second kappa shape index (κ2) is 9.24. The molecule has 0 radical (unpaired) electrons. The molecule has 8 heteroatoms. The molecule has 2 aromatic carbocycles. The molecule has 0 aromatic heterocycles. The number of hydrogen-bond acceptors (Lipinski definition) is 4. The Kier molecular flexibility index (Phi) is 7.30. The number of carbonyl (C=O) groups excluding carboxylic acids is 1. The molecule has 2 aromatic rings. The van der Waals surface area contributed by atoms with Crippen LogP contribution in [0.5, 0.6) is 5.75 Å². The number of amides is 1. The number of hydrogen-bond donors (Lipinski definition) is 3. The van der Waals surface area contributed by atoms with Crippen LogP contribution in [0.25, 0.3) is 0 Å². The van der Waals surface area contributed by atoms with Crippen molar-refractivity contribution in [3.63, 3.8) is 0 Å². The predicted molar refractivity (Wildman–Crippen MR) is 100 cm³/mol. The lowest BCUT2D eigenvalue weighted by atomic mass is 9.98. The zero-order valence-corrected chi connectivity index (χ0v) is 15.9. The van der Waals surface area contributed by atoms with Crippen molar-refractivity contribution in [1.82, 2.24) is 0 Å². The van der Waals surface area contributed by atoms with Gasteiger partial charge >= 0.3 is 0 Å². The molecule has 5 nitrogen and oxygen atoms in total. The van der Waals surface area contributed by atoms with Crippen molar-refractivity contribution >= 4 is 28.5 Å². The Labute approximate surface area is 162 Å². The number of carbonyl (C=O) groups is 1. The highest BCUT2D eigenvalue weighted by Crippen LogP contribution is 2.27. The Hall–Kier alpha value is -1.78. The topological polar surface area (TPSA) is 92.8 Å². The summed E-state index contributed by atoms with van der Waals surface area (Å²) >= 11 is 1.97. The molecule has 140 valence electrons. The lowest BCUT2D eigenvalue weighted by Gasteiger charge is -2.15. The van der Waals surface area contributed by atoms with Crippen molar-refractivity contribution in [1.29, 1.82) is 0 Å². The summed E-state index contributed by atoms with van der Waals surface area (Å²) in [5.74, 6) is -2.04. The molecular weight excluding hydrogens is 459 g/mol. The first-order valence-electron chi connectivity index (χ1n) is 7.79. The van der Waals surface area contributed by atoms with Gasteiger partial charge in [0.15, 0.2) is 0 Å². The largest absolute Gasteiger partial charge is 0.493 e. The van der Waals surface area contributed by atoms with E-state index in [0.717, 1.165) is 12.1 Å². The number of halogens is 3. The third-order valence-corrected chi connectivity index (χ3v) is 4.38. The first kappa shape index (κ1) is 20.5. The van der Waals surface area contributed by atoms with Crippen LogP contribution in [0.3, 0.4) is 0 Å². The summed E-state index contributed by atoms with van der Waals surface area (Å²) < 4.78 is 34.2. The van der Waals surface area contributed by atoms with Crippen LogP contribution in [0.1, 0.15) is 27.9 Å². The van der Waals surface area contributed by atoms with E-state index in [1.165, 1.54) is 6.07 Å². The van der Waals surface area contributed by atoms with Gasteiger partial charge in [-0.3, -0.25) is 4.79 Å². The lowest BCUT2D eigenvalue weighted by Crippen LogP contribution is -2.19. The number of aliphatic hydroxyl groups excluding tert-OH is 2. The van der Waals surface area contributed by atoms with Crippen molar-refractivity contribution in [2.45, 2.75) is 18.9 Å². The highest BCUT2D eigenvalue weighted by molar-refractivity contribution is 14.1. The molecule has 0 aliphatic heterocycles. The van der Waals surface area contributed by atoms with Gasteiger partial charge in [-0.05, 0) is 51.9 Å². The summed E-state index contributed by atoms with van der Waals surface area (Å²) in [4.78, 5) is 11.9. The first-order valence-corrected chi connectivity index (χ1v) is 8.87. The fraction of sp³-hybridized carbons (Fsp3) is 0.278. The van der Waals surface area contributed by atoms with Gasteiger partial charge in [0.1, 0.15) is 17.4 Å². The third kappa shape index (κ3) is 5.36. The minimum absolute atomic E-state index is 0.0333. The summed E-state index contributed by atoms with van der Waals surface area (Å²) in [6.07, 6.45) is -0.929. The van der Waals surface area contributed by atoms with Gasteiger partial charge < -0.3 is 20.7 Å². The van der Waals surface area contributed by atoms with E-state index in [9.17, 15) is 18.7 Å². The molecule has 2 rings (SSSR count). The van der Waals surface area contributed by atoms with Crippen LogP contribution >= 0.6 is 22.6 Å². The van der Waals surface area contributed by atoms with E-state index in [2.05, 4.69) is 0 Å². The van der Waals surface area contributed by atoms with Crippen LogP contribution < -0.4 is 10.5 Å². The maximum Gasteiger partial charge on any atom is 0.252 e. The highest BCUT2D eigenvalue weighted by Gasteiger charge is 2.19. The van der Waals surface area contributed by atoms with Gasteiger partial charge in [0.25, 0.3) is 5.91 Å². The summed E-state index contributed by atoms with van der Waals surface area (Å²) in [5.41, 5.74) is 5.87. The molecule has 1 atom stereocenters. The van der Waals surface area contributed by atoms with Crippen molar-refractivity contribution in [2.24, 2.45) is 5.73 Å². The number of aliphatic hydroxyl groups is 2. The zero-order valence-electron chi connectivity index (χ0n) is 13.7. The average molecular weight is 477 g/mol. The molecule has 26 heavy (non-hydrogen) atoms. The average Bonchev–Trinajstić information content (AvgIpc) is 2.56. The molecule has 0 fully saturated rings. The van der Waals surface area contributed by atoms with E-state index >= 15 is 0 Å². The van der Waals surface area contributed by atoms with E-state index in [1.807, 2.05) is 22.6 Å². The van der Waals surface area contributed by atoms with Gasteiger partial charge in [-0.25, -0.2) is 8.78 Å². The van der Waals surface area contributed by atoms with E-state index in [0.29, 0.717) is 9.13 Å². The van der Waals surface area contributed by atoms with Crippen molar-refractivity contribution in [3.05, 3.63) is 62.2 Å². The Morgan fingerprint density at radius 2 is 1.96 bits per heavy atom. The molecule has 0 bridgehead atoms. The molecule has 0 aliphatic rings. The van der Waals surface area contributed by atoms with Crippen LogP contribution in [0.2, 0.25) is 0 Å². The number of ether oxygens (including phenoxy) is 1. The maximum atomic E-state index is 14.1. The highest BCUT2D eigenvalue weighted by atomic mass is 127.